The van der Waals surface area contributed by atoms with Crippen molar-refractivity contribution in [2.75, 3.05) is 0 Å². The number of nitrogens with one attached hydrogen (secondary N) is 2. The lowest BCUT2D eigenvalue weighted by atomic mass is 10.3. The molecule has 0 spiro atoms. The Morgan fingerprint density at radius 3 is 1.61 bits per heavy atom. The summed E-state index contributed by atoms with van der Waals surface area (Å²) in [6, 6.07) is 0. The highest BCUT2D eigenvalue weighted by Crippen LogP contribution is 1.88. The van der Waals surface area contributed by atoms with Crippen LogP contribution in [0.2, 0.25) is 0 Å². The summed E-state index contributed by atoms with van der Waals surface area (Å²) in [5, 5.41) is 7.29. The van der Waals surface area contributed by atoms with Gasteiger partial charge in [-0.25, -0.2) is 10.9 Å². The number of carbonyl (C=O) groups is 2. The Balaban J connectivity index is 3.74. The Labute approximate surface area is 107 Å². The summed E-state index contributed by atoms with van der Waals surface area (Å²) in [6.45, 7) is 3.68. The minimum atomic E-state index is -0.316. The Kier molecular flexibility index (Phi) is 9.85. The summed E-state index contributed by atoms with van der Waals surface area (Å²) in [7, 11) is 0. The molecule has 0 aromatic heterocycles. The van der Waals surface area contributed by atoms with Crippen molar-refractivity contribution < 1.29 is 9.59 Å². The van der Waals surface area contributed by atoms with Crippen molar-refractivity contribution >= 4 is 24.2 Å². The van der Waals surface area contributed by atoms with E-state index in [4.69, 9.17) is 0 Å². The first-order valence-electron chi connectivity index (χ1n) is 5.57. The first kappa shape index (κ1) is 15.8. The summed E-state index contributed by atoms with van der Waals surface area (Å²) in [4.78, 5) is 22.4. The summed E-state index contributed by atoms with van der Waals surface area (Å²) in [5.74, 6) is -0.633. The molecule has 0 fully saturated rings. The average Bonchev–Trinajstić information content (AvgIpc) is 2.37. The Morgan fingerprint density at radius 2 is 1.28 bits per heavy atom. The molecule has 0 aromatic rings. The van der Waals surface area contributed by atoms with Crippen LogP contribution in [0.5, 0.6) is 0 Å². The summed E-state index contributed by atoms with van der Waals surface area (Å²) in [5.41, 5.74) is 4.60. The molecular formula is C12H18N4O2. The Bertz CT molecular complexity index is 334. The topological polar surface area (TPSA) is 82.9 Å². The van der Waals surface area contributed by atoms with Gasteiger partial charge in [0.05, 0.1) is 0 Å². The molecule has 0 unspecified atom stereocenters. The van der Waals surface area contributed by atoms with E-state index in [-0.39, 0.29) is 24.7 Å². The number of hydrogen-bond acceptors (Lipinski definition) is 4. The van der Waals surface area contributed by atoms with Gasteiger partial charge in [0.1, 0.15) is 0 Å². The molecule has 0 rings (SSSR count). The van der Waals surface area contributed by atoms with Gasteiger partial charge in [-0.2, -0.15) is 10.2 Å². The highest BCUT2D eigenvalue weighted by Gasteiger charge is 2.04. The van der Waals surface area contributed by atoms with E-state index < -0.39 is 0 Å². The maximum atomic E-state index is 11.2. The molecule has 18 heavy (non-hydrogen) atoms. The molecule has 98 valence electrons. The van der Waals surface area contributed by atoms with E-state index >= 15 is 0 Å². The second-order valence-corrected chi connectivity index (χ2v) is 3.18. The normalized spacial score (nSPS) is 11.9. The number of hydrogen-bond donors (Lipinski definition) is 2. The Morgan fingerprint density at radius 1 is 0.889 bits per heavy atom. The van der Waals surface area contributed by atoms with E-state index in [0.29, 0.717) is 0 Å². The lowest BCUT2D eigenvalue weighted by molar-refractivity contribution is -0.126. The van der Waals surface area contributed by atoms with Gasteiger partial charge >= 0.3 is 0 Å². The smallest absolute Gasteiger partial charge is 0.240 e. The number of carbonyl (C=O) groups excluding carboxylic acids is 2. The van der Waals surface area contributed by atoms with Crippen LogP contribution in [0, 0.1) is 0 Å². The minimum absolute atomic E-state index is 0.0676. The molecule has 6 nitrogen and oxygen atoms in total. The molecule has 6 heteroatoms. The van der Waals surface area contributed by atoms with Gasteiger partial charge in [0.2, 0.25) is 11.8 Å². The second-order valence-electron chi connectivity index (χ2n) is 3.18. The molecular weight excluding hydrogens is 232 g/mol. The quantitative estimate of drug-likeness (QED) is 0.524. The minimum Gasteiger partial charge on any atom is -0.273 e. The van der Waals surface area contributed by atoms with Gasteiger partial charge in [0.15, 0.2) is 0 Å². The van der Waals surface area contributed by atoms with Crippen molar-refractivity contribution in [3.05, 3.63) is 24.3 Å². The maximum absolute atomic E-state index is 11.2. The third-order valence-corrected chi connectivity index (χ3v) is 1.66. The van der Waals surface area contributed by atoms with Crippen LogP contribution >= 0.6 is 0 Å². The highest BCUT2D eigenvalue weighted by atomic mass is 16.2. The largest absolute Gasteiger partial charge is 0.273 e. The fraction of sp³-hybridized carbons (Fsp3) is 0.333. The molecule has 0 aliphatic rings. The number of hydrazone groups is 2. The fourth-order valence-electron chi connectivity index (χ4n) is 0.816. The van der Waals surface area contributed by atoms with Crippen molar-refractivity contribution in [2.24, 2.45) is 10.2 Å². The van der Waals surface area contributed by atoms with Gasteiger partial charge in [-0.15, -0.1) is 0 Å². The lowest BCUT2D eigenvalue weighted by Crippen LogP contribution is -2.22. The average molecular weight is 250 g/mol. The van der Waals surface area contributed by atoms with Gasteiger partial charge < -0.3 is 0 Å². The van der Waals surface area contributed by atoms with E-state index in [2.05, 4.69) is 21.1 Å². The second kappa shape index (κ2) is 11.3. The van der Waals surface area contributed by atoms with Crippen LogP contribution in [0.15, 0.2) is 34.5 Å². The third-order valence-electron chi connectivity index (χ3n) is 1.66. The van der Waals surface area contributed by atoms with Gasteiger partial charge in [0.25, 0.3) is 0 Å². The SMILES string of the molecule is CC=CC=NNC(=O)CCC(=O)NN=CC=CC. The Hall–Kier alpha value is -2.24. The zero-order chi connectivity index (χ0) is 13.6. The number of amides is 2. The molecule has 0 radical (unpaired) electrons. The predicted molar refractivity (Wildman–Crippen MR) is 72.1 cm³/mol. The number of rotatable bonds is 7. The van der Waals surface area contributed by atoms with E-state index in [1.165, 1.54) is 12.4 Å². The van der Waals surface area contributed by atoms with Gasteiger partial charge in [-0.3, -0.25) is 9.59 Å². The number of allylic oxidation sites excluding steroid dienone is 4. The van der Waals surface area contributed by atoms with Gasteiger partial charge in [0, 0.05) is 25.3 Å². The molecule has 0 atom stereocenters. The van der Waals surface area contributed by atoms with Crippen molar-refractivity contribution in [3.63, 3.8) is 0 Å². The fourth-order valence-corrected chi connectivity index (χ4v) is 0.816. The molecule has 2 N–H and O–H groups in total. The summed E-state index contributed by atoms with van der Waals surface area (Å²) < 4.78 is 0. The van der Waals surface area contributed by atoms with Crippen molar-refractivity contribution in [1.29, 1.82) is 0 Å². The maximum Gasteiger partial charge on any atom is 0.240 e. The van der Waals surface area contributed by atoms with E-state index in [1.54, 1.807) is 24.3 Å². The zero-order valence-corrected chi connectivity index (χ0v) is 10.6. The standard InChI is InChI=1S/C12H18N4O2/c1-3-5-9-13-15-11(17)7-8-12(18)16-14-10-6-4-2/h3-6,9-10H,7-8H2,1-2H3,(H,15,17)(H,16,18). The van der Waals surface area contributed by atoms with Crippen LogP contribution in [-0.2, 0) is 9.59 Å². The lowest BCUT2D eigenvalue weighted by Gasteiger charge is -1.98. The molecule has 0 aliphatic carbocycles. The summed E-state index contributed by atoms with van der Waals surface area (Å²) >= 11 is 0. The van der Waals surface area contributed by atoms with Crippen LogP contribution in [0.25, 0.3) is 0 Å². The third kappa shape index (κ3) is 10.3. The molecule has 2 amide bonds. The molecule has 0 heterocycles. The van der Waals surface area contributed by atoms with Crippen LogP contribution in [0.3, 0.4) is 0 Å². The molecule has 0 aliphatic heterocycles. The molecule has 0 aromatic carbocycles. The monoisotopic (exact) mass is 250 g/mol. The van der Waals surface area contributed by atoms with E-state index in [1.807, 2.05) is 13.8 Å². The first-order valence-corrected chi connectivity index (χ1v) is 5.57. The van der Waals surface area contributed by atoms with Crippen LogP contribution < -0.4 is 10.9 Å². The van der Waals surface area contributed by atoms with E-state index in [9.17, 15) is 9.59 Å². The predicted octanol–water partition coefficient (Wildman–Crippen LogP) is 1.12. The van der Waals surface area contributed by atoms with Gasteiger partial charge in [-0.1, -0.05) is 12.2 Å². The zero-order valence-electron chi connectivity index (χ0n) is 10.6. The van der Waals surface area contributed by atoms with Crippen LogP contribution in [0.1, 0.15) is 26.7 Å². The van der Waals surface area contributed by atoms with Gasteiger partial charge in [-0.05, 0) is 26.0 Å². The number of nitrogens with zero attached hydrogens (tertiary/aromatic N) is 2. The highest BCUT2D eigenvalue weighted by molar-refractivity contribution is 5.84. The molecule has 0 saturated heterocycles. The van der Waals surface area contributed by atoms with Crippen molar-refractivity contribution in [2.45, 2.75) is 26.7 Å². The first-order chi connectivity index (χ1) is 8.70. The van der Waals surface area contributed by atoms with E-state index in [0.717, 1.165) is 0 Å². The molecule has 0 saturated carbocycles. The van der Waals surface area contributed by atoms with Crippen molar-refractivity contribution in [3.8, 4) is 0 Å². The summed E-state index contributed by atoms with van der Waals surface area (Å²) in [6.07, 6.45) is 9.98. The van der Waals surface area contributed by atoms with Crippen LogP contribution in [0.4, 0.5) is 0 Å². The van der Waals surface area contributed by atoms with Crippen LogP contribution in [-0.4, -0.2) is 24.2 Å². The molecule has 0 bridgehead atoms. The van der Waals surface area contributed by atoms with Crippen molar-refractivity contribution in [1.82, 2.24) is 10.9 Å².